The van der Waals surface area contributed by atoms with Crippen molar-refractivity contribution >= 4 is 17.4 Å². The van der Waals surface area contributed by atoms with E-state index in [1.807, 2.05) is 44.2 Å². The van der Waals surface area contributed by atoms with E-state index in [1.165, 1.54) is 0 Å². The van der Waals surface area contributed by atoms with E-state index < -0.39 is 17.7 Å². The molecule has 1 fully saturated rings. The van der Waals surface area contributed by atoms with E-state index >= 15 is 0 Å². The number of Topliss-reactive ketones (excluding diaryl/α,β-unsaturated/α-hetero) is 1. The first-order valence-electron chi connectivity index (χ1n) is 11.8. The first-order valence-corrected chi connectivity index (χ1v) is 11.8. The minimum absolute atomic E-state index is 0.0784. The second-order valence-corrected chi connectivity index (χ2v) is 9.48. The molecule has 1 amide bonds. The summed E-state index contributed by atoms with van der Waals surface area (Å²) in [5.74, 6) is -0.189. The summed E-state index contributed by atoms with van der Waals surface area (Å²) in [7, 11) is 1.55. The van der Waals surface area contributed by atoms with E-state index in [4.69, 9.17) is 9.47 Å². The van der Waals surface area contributed by atoms with Crippen LogP contribution in [-0.4, -0.2) is 42.0 Å². The Morgan fingerprint density at radius 1 is 1.06 bits per heavy atom. The number of aliphatic hydroxyl groups is 1. The van der Waals surface area contributed by atoms with Crippen LogP contribution in [0.5, 0.6) is 11.5 Å². The van der Waals surface area contributed by atoms with Crippen LogP contribution < -0.4 is 9.47 Å². The van der Waals surface area contributed by atoms with E-state index in [0.717, 1.165) is 24.2 Å². The minimum atomic E-state index is -0.729. The topological polar surface area (TPSA) is 76.1 Å². The molecule has 2 aromatic rings. The third-order valence-corrected chi connectivity index (χ3v) is 6.09. The van der Waals surface area contributed by atoms with Crippen LogP contribution in [0.2, 0.25) is 0 Å². The van der Waals surface area contributed by atoms with Crippen LogP contribution in [0.4, 0.5) is 0 Å². The van der Waals surface area contributed by atoms with Gasteiger partial charge in [0.25, 0.3) is 11.7 Å². The van der Waals surface area contributed by atoms with E-state index in [2.05, 4.69) is 20.8 Å². The van der Waals surface area contributed by atoms with Gasteiger partial charge in [-0.3, -0.25) is 9.59 Å². The van der Waals surface area contributed by atoms with Gasteiger partial charge in [0.15, 0.2) is 0 Å². The van der Waals surface area contributed by atoms with Crippen molar-refractivity contribution in [1.82, 2.24) is 4.90 Å². The number of aliphatic hydroxyl groups excluding tert-OH is 1. The molecule has 0 aliphatic carbocycles. The zero-order valence-corrected chi connectivity index (χ0v) is 21.0. The molecule has 1 N–H and O–H groups in total. The average molecular weight is 466 g/mol. The third kappa shape index (κ3) is 4.81. The monoisotopic (exact) mass is 465 g/mol. The molecular formula is C28H35NO5. The Balaban J connectivity index is 2.24. The van der Waals surface area contributed by atoms with Crippen LogP contribution in [0, 0.1) is 0 Å². The lowest BCUT2D eigenvalue weighted by Gasteiger charge is -2.27. The van der Waals surface area contributed by atoms with E-state index in [0.29, 0.717) is 30.0 Å². The summed E-state index contributed by atoms with van der Waals surface area (Å²) in [6.07, 6.45) is 1.62. The first-order chi connectivity index (χ1) is 16.1. The number of ether oxygens (including phenoxy) is 2. The smallest absolute Gasteiger partial charge is 0.295 e. The minimum Gasteiger partial charge on any atom is -0.507 e. The number of unbranched alkanes of at least 4 members (excludes halogenated alkanes) is 1. The summed E-state index contributed by atoms with van der Waals surface area (Å²) in [6.45, 7) is 11.1. The third-order valence-electron chi connectivity index (χ3n) is 6.09. The van der Waals surface area contributed by atoms with Crippen LogP contribution >= 0.6 is 0 Å². The maximum Gasteiger partial charge on any atom is 0.295 e. The molecule has 0 radical (unpaired) electrons. The maximum atomic E-state index is 13.3. The first kappa shape index (κ1) is 25.3. The Bertz CT molecular complexity index is 1100. The highest BCUT2D eigenvalue weighted by atomic mass is 16.5. The van der Waals surface area contributed by atoms with Gasteiger partial charge in [-0.05, 0) is 43.0 Å². The number of para-hydroxylation sites is 1. The van der Waals surface area contributed by atoms with Crippen molar-refractivity contribution in [1.29, 1.82) is 0 Å². The number of benzene rings is 2. The van der Waals surface area contributed by atoms with Crippen molar-refractivity contribution in [3.63, 3.8) is 0 Å². The number of methoxy groups -OCH3 is 1. The van der Waals surface area contributed by atoms with Crippen molar-refractivity contribution in [3.05, 3.63) is 64.7 Å². The molecule has 34 heavy (non-hydrogen) atoms. The fourth-order valence-corrected chi connectivity index (χ4v) is 4.36. The number of amides is 1. The van der Waals surface area contributed by atoms with Gasteiger partial charge in [0.05, 0.1) is 25.3 Å². The van der Waals surface area contributed by atoms with Crippen molar-refractivity contribution < 1.29 is 24.2 Å². The summed E-state index contributed by atoms with van der Waals surface area (Å²) >= 11 is 0. The average Bonchev–Trinajstić information content (AvgIpc) is 3.06. The molecule has 1 aliphatic rings. The number of carbonyl (C=O) groups excluding carboxylic acids is 2. The summed E-state index contributed by atoms with van der Waals surface area (Å²) in [4.78, 5) is 27.9. The van der Waals surface area contributed by atoms with Crippen LogP contribution in [0.3, 0.4) is 0 Å². The predicted octanol–water partition coefficient (Wildman–Crippen LogP) is 5.61. The van der Waals surface area contributed by atoms with Gasteiger partial charge in [-0.1, -0.05) is 52.3 Å². The summed E-state index contributed by atoms with van der Waals surface area (Å²) in [5, 5.41) is 11.5. The molecule has 0 aromatic heterocycles. The number of nitrogens with zero attached hydrogens (tertiary/aromatic N) is 1. The molecule has 1 heterocycles. The van der Waals surface area contributed by atoms with Crippen LogP contribution in [0.1, 0.15) is 70.2 Å². The highest BCUT2D eigenvalue weighted by Gasteiger charge is 2.46. The SMILES string of the molecule is CCCCN1C(=O)C(=O)/C(=C(/O)c2ccc(OCC)c(C(C)(C)C)c2)C1c1ccccc1OC. The Kier molecular flexibility index (Phi) is 7.70. The molecule has 0 spiro atoms. The van der Waals surface area contributed by atoms with Gasteiger partial charge in [0.1, 0.15) is 17.3 Å². The van der Waals surface area contributed by atoms with Crippen LogP contribution in [0.25, 0.3) is 5.76 Å². The van der Waals surface area contributed by atoms with E-state index in [9.17, 15) is 14.7 Å². The van der Waals surface area contributed by atoms with E-state index in [1.54, 1.807) is 24.1 Å². The van der Waals surface area contributed by atoms with Crippen LogP contribution in [0.15, 0.2) is 48.0 Å². The fourth-order valence-electron chi connectivity index (χ4n) is 4.36. The Morgan fingerprint density at radius 2 is 1.76 bits per heavy atom. The molecule has 1 aliphatic heterocycles. The molecular weight excluding hydrogens is 430 g/mol. The molecule has 0 saturated carbocycles. The van der Waals surface area contributed by atoms with Gasteiger partial charge in [0.2, 0.25) is 0 Å². The van der Waals surface area contributed by atoms with Gasteiger partial charge in [-0.2, -0.15) is 0 Å². The largest absolute Gasteiger partial charge is 0.507 e. The number of ketones is 1. The van der Waals surface area contributed by atoms with Gasteiger partial charge < -0.3 is 19.5 Å². The molecule has 6 nitrogen and oxygen atoms in total. The Morgan fingerprint density at radius 3 is 2.38 bits per heavy atom. The quantitative estimate of drug-likeness (QED) is 0.311. The van der Waals surface area contributed by atoms with Crippen molar-refractivity contribution in [3.8, 4) is 11.5 Å². The van der Waals surface area contributed by atoms with Gasteiger partial charge in [-0.25, -0.2) is 0 Å². The number of hydrogen-bond acceptors (Lipinski definition) is 5. The number of hydrogen-bond donors (Lipinski definition) is 1. The van der Waals surface area contributed by atoms with Crippen molar-refractivity contribution in [2.75, 3.05) is 20.3 Å². The van der Waals surface area contributed by atoms with Gasteiger partial charge >= 0.3 is 0 Å². The standard InChI is InChI=1S/C28H35NO5/c1-7-9-16-29-24(19-12-10-11-13-21(19)33-6)23(26(31)27(29)32)25(30)18-14-15-22(34-8-2)20(17-18)28(3,4)5/h10-15,17,24,30H,7-9,16H2,1-6H3/b25-23+. The second-order valence-electron chi connectivity index (χ2n) is 9.48. The van der Waals surface area contributed by atoms with E-state index in [-0.39, 0.29) is 16.7 Å². The fraction of sp³-hybridized carbons (Fsp3) is 0.429. The summed E-state index contributed by atoms with van der Waals surface area (Å²) < 4.78 is 11.4. The molecule has 1 atom stereocenters. The van der Waals surface area contributed by atoms with Gasteiger partial charge in [-0.15, -0.1) is 0 Å². The molecule has 3 rings (SSSR count). The Hall–Kier alpha value is -3.28. The molecule has 182 valence electrons. The maximum absolute atomic E-state index is 13.3. The second kappa shape index (κ2) is 10.3. The number of carbonyl (C=O) groups is 2. The normalized spacial score (nSPS) is 17.8. The lowest BCUT2D eigenvalue weighted by atomic mass is 9.84. The molecule has 6 heteroatoms. The predicted molar refractivity (Wildman–Crippen MR) is 133 cm³/mol. The number of likely N-dealkylation sites (tertiary alicyclic amines) is 1. The molecule has 0 bridgehead atoms. The number of rotatable bonds is 8. The highest BCUT2D eigenvalue weighted by Crippen LogP contribution is 2.43. The summed E-state index contributed by atoms with van der Waals surface area (Å²) in [6, 6.07) is 12.0. The lowest BCUT2D eigenvalue weighted by Crippen LogP contribution is -2.30. The molecule has 2 aromatic carbocycles. The van der Waals surface area contributed by atoms with Crippen LogP contribution in [-0.2, 0) is 15.0 Å². The lowest BCUT2D eigenvalue weighted by molar-refractivity contribution is -0.139. The highest BCUT2D eigenvalue weighted by molar-refractivity contribution is 6.46. The van der Waals surface area contributed by atoms with Crippen molar-refractivity contribution in [2.24, 2.45) is 0 Å². The Labute approximate surface area is 202 Å². The summed E-state index contributed by atoms with van der Waals surface area (Å²) in [5.41, 5.74) is 1.88. The van der Waals surface area contributed by atoms with Crippen molar-refractivity contribution in [2.45, 2.75) is 58.9 Å². The zero-order chi connectivity index (χ0) is 25.0. The van der Waals surface area contributed by atoms with Gasteiger partial charge in [0, 0.05) is 23.2 Å². The molecule has 1 unspecified atom stereocenters. The zero-order valence-electron chi connectivity index (χ0n) is 21.0. The molecule has 1 saturated heterocycles.